The summed E-state index contributed by atoms with van der Waals surface area (Å²) in [5, 5.41) is 0. The van der Waals surface area contributed by atoms with Crippen LogP contribution in [0.1, 0.15) is 10.5 Å². The molecule has 0 aliphatic carbocycles. The van der Waals surface area contributed by atoms with Gasteiger partial charge in [0, 0.05) is 10.7 Å². The highest BCUT2D eigenvalue weighted by Crippen LogP contribution is 2.17. The zero-order valence-electron chi connectivity index (χ0n) is 10.1. The molecule has 5 heteroatoms. The third-order valence-electron chi connectivity index (χ3n) is 2.26. The van der Waals surface area contributed by atoms with Gasteiger partial charge >= 0.3 is 5.97 Å². The van der Waals surface area contributed by atoms with Crippen LogP contribution in [-0.4, -0.2) is 24.2 Å². The van der Waals surface area contributed by atoms with Crippen LogP contribution in [0.4, 0.5) is 0 Å². The third kappa shape index (κ3) is 4.37. The van der Waals surface area contributed by atoms with Crippen LogP contribution < -0.4 is 4.74 Å². The monoisotopic (exact) mass is 321 g/mol. The molecular formula is C14H12BrNO3. The second-order valence-corrected chi connectivity index (χ2v) is 4.57. The van der Waals surface area contributed by atoms with Crippen molar-refractivity contribution in [3.8, 4) is 5.75 Å². The minimum Gasteiger partial charge on any atom is -0.490 e. The fraction of sp³-hybridized carbons (Fsp3) is 0.143. The number of pyridine rings is 1. The molecule has 0 saturated carbocycles. The average molecular weight is 322 g/mol. The van der Waals surface area contributed by atoms with Crippen molar-refractivity contribution in [3.05, 3.63) is 58.8 Å². The van der Waals surface area contributed by atoms with Crippen LogP contribution in [0.15, 0.2) is 53.1 Å². The molecule has 0 bridgehead atoms. The number of nitrogens with zero attached hydrogens (tertiary/aromatic N) is 1. The number of hydrogen-bond acceptors (Lipinski definition) is 4. The second kappa shape index (κ2) is 6.89. The molecule has 2 rings (SSSR count). The first-order chi connectivity index (χ1) is 9.25. The van der Waals surface area contributed by atoms with E-state index in [2.05, 4.69) is 20.9 Å². The van der Waals surface area contributed by atoms with Gasteiger partial charge in [-0.1, -0.05) is 28.1 Å². The average Bonchev–Trinajstić information content (AvgIpc) is 2.44. The summed E-state index contributed by atoms with van der Waals surface area (Å²) < 4.78 is 11.4. The van der Waals surface area contributed by atoms with E-state index in [1.54, 1.807) is 24.4 Å². The highest BCUT2D eigenvalue weighted by Gasteiger charge is 2.07. The molecule has 2 aromatic rings. The summed E-state index contributed by atoms with van der Waals surface area (Å²) in [6, 6.07) is 12.6. The van der Waals surface area contributed by atoms with Crippen molar-refractivity contribution in [1.29, 1.82) is 0 Å². The Kier molecular flexibility index (Phi) is 4.92. The number of carbonyl (C=O) groups excluding carboxylic acids is 1. The van der Waals surface area contributed by atoms with Crippen molar-refractivity contribution < 1.29 is 14.3 Å². The number of hydrogen-bond donors (Lipinski definition) is 0. The van der Waals surface area contributed by atoms with Gasteiger partial charge in [-0.2, -0.15) is 0 Å². The van der Waals surface area contributed by atoms with E-state index in [1.807, 2.05) is 24.3 Å². The maximum Gasteiger partial charge on any atom is 0.357 e. The van der Waals surface area contributed by atoms with Crippen LogP contribution >= 0.6 is 15.9 Å². The molecule has 0 spiro atoms. The molecule has 0 saturated heterocycles. The maximum atomic E-state index is 11.6. The van der Waals surface area contributed by atoms with Gasteiger partial charge in [0.15, 0.2) is 0 Å². The molecule has 0 unspecified atom stereocenters. The summed E-state index contributed by atoms with van der Waals surface area (Å²) >= 11 is 3.35. The Labute approximate surface area is 119 Å². The van der Waals surface area contributed by atoms with Gasteiger partial charge in [-0.15, -0.1) is 0 Å². The van der Waals surface area contributed by atoms with Gasteiger partial charge in [0.2, 0.25) is 0 Å². The first-order valence-corrected chi connectivity index (χ1v) is 6.51. The van der Waals surface area contributed by atoms with Crippen LogP contribution in [0.3, 0.4) is 0 Å². The molecule has 0 amide bonds. The normalized spacial score (nSPS) is 9.95. The van der Waals surface area contributed by atoms with Crippen LogP contribution in [0.25, 0.3) is 0 Å². The lowest BCUT2D eigenvalue weighted by Crippen LogP contribution is -2.13. The van der Waals surface area contributed by atoms with E-state index in [9.17, 15) is 4.79 Å². The largest absolute Gasteiger partial charge is 0.490 e. The summed E-state index contributed by atoms with van der Waals surface area (Å²) in [4.78, 5) is 15.5. The van der Waals surface area contributed by atoms with Gasteiger partial charge in [0.25, 0.3) is 0 Å². The predicted octanol–water partition coefficient (Wildman–Crippen LogP) is 3.08. The van der Waals surface area contributed by atoms with E-state index in [0.717, 1.165) is 10.2 Å². The van der Waals surface area contributed by atoms with Crippen molar-refractivity contribution in [2.24, 2.45) is 0 Å². The number of esters is 1. The Morgan fingerprint density at radius 1 is 1.16 bits per heavy atom. The summed E-state index contributed by atoms with van der Waals surface area (Å²) in [6.07, 6.45) is 1.55. The fourth-order valence-electron chi connectivity index (χ4n) is 1.41. The molecule has 1 aromatic carbocycles. The highest BCUT2D eigenvalue weighted by atomic mass is 79.9. The minimum atomic E-state index is -0.446. The van der Waals surface area contributed by atoms with Crippen LogP contribution in [-0.2, 0) is 4.74 Å². The zero-order valence-corrected chi connectivity index (χ0v) is 11.7. The molecule has 0 atom stereocenters. The van der Waals surface area contributed by atoms with E-state index in [-0.39, 0.29) is 6.61 Å². The van der Waals surface area contributed by atoms with E-state index >= 15 is 0 Å². The Morgan fingerprint density at radius 3 is 2.79 bits per heavy atom. The Hall–Kier alpha value is -1.88. The van der Waals surface area contributed by atoms with E-state index in [4.69, 9.17) is 9.47 Å². The summed E-state index contributed by atoms with van der Waals surface area (Å²) in [5.41, 5.74) is 0.296. The van der Waals surface area contributed by atoms with Gasteiger partial charge in [0.1, 0.15) is 24.7 Å². The van der Waals surface area contributed by atoms with Gasteiger partial charge < -0.3 is 9.47 Å². The smallest absolute Gasteiger partial charge is 0.357 e. The zero-order chi connectivity index (χ0) is 13.5. The topological polar surface area (TPSA) is 48.4 Å². The number of benzene rings is 1. The molecule has 0 N–H and O–H groups in total. The molecular weight excluding hydrogens is 310 g/mol. The minimum absolute atomic E-state index is 0.182. The van der Waals surface area contributed by atoms with E-state index in [0.29, 0.717) is 12.3 Å². The molecule has 1 aromatic heterocycles. The lowest BCUT2D eigenvalue weighted by molar-refractivity contribution is 0.0443. The quantitative estimate of drug-likeness (QED) is 0.627. The Bertz CT molecular complexity index is 545. The first kappa shape index (κ1) is 13.5. The Morgan fingerprint density at radius 2 is 2.05 bits per heavy atom. The van der Waals surface area contributed by atoms with E-state index < -0.39 is 5.97 Å². The van der Waals surface area contributed by atoms with Crippen LogP contribution in [0.2, 0.25) is 0 Å². The van der Waals surface area contributed by atoms with Crippen molar-refractivity contribution in [2.45, 2.75) is 0 Å². The van der Waals surface area contributed by atoms with E-state index in [1.165, 1.54) is 0 Å². The summed E-state index contributed by atoms with van der Waals surface area (Å²) in [7, 11) is 0. The number of halogens is 1. The fourth-order valence-corrected chi connectivity index (χ4v) is 1.79. The lowest BCUT2D eigenvalue weighted by atomic mass is 10.3. The molecule has 98 valence electrons. The molecule has 1 heterocycles. The number of ether oxygens (including phenoxy) is 2. The van der Waals surface area contributed by atoms with Crippen molar-refractivity contribution in [3.63, 3.8) is 0 Å². The lowest BCUT2D eigenvalue weighted by Gasteiger charge is -2.07. The molecule has 0 aliphatic rings. The standard InChI is InChI=1S/C14H12BrNO3/c15-11-4-3-5-12(10-11)18-8-9-19-14(17)13-6-1-2-7-16-13/h1-7,10H,8-9H2. The number of rotatable bonds is 5. The predicted molar refractivity (Wildman–Crippen MR) is 74.2 cm³/mol. The van der Waals surface area contributed by atoms with Gasteiger partial charge in [-0.05, 0) is 30.3 Å². The number of carbonyl (C=O) groups is 1. The molecule has 0 aliphatic heterocycles. The third-order valence-corrected chi connectivity index (χ3v) is 2.75. The van der Waals surface area contributed by atoms with Crippen molar-refractivity contribution in [2.75, 3.05) is 13.2 Å². The van der Waals surface area contributed by atoms with Crippen LogP contribution in [0, 0.1) is 0 Å². The van der Waals surface area contributed by atoms with Gasteiger partial charge in [-0.3, -0.25) is 0 Å². The van der Waals surface area contributed by atoms with Gasteiger partial charge in [0.05, 0.1) is 0 Å². The molecule has 4 nitrogen and oxygen atoms in total. The molecule has 0 fully saturated rings. The number of aromatic nitrogens is 1. The van der Waals surface area contributed by atoms with Gasteiger partial charge in [-0.25, -0.2) is 9.78 Å². The van der Waals surface area contributed by atoms with Crippen LogP contribution in [0.5, 0.6) is 5.75 Å². The molecule has 0 radical (unpaired) electrons. The molecule has 19 heavy (non-hydrogen) atoms. The first-order valence-electron chi connectivity index (χ1n) is 5.72. The van der Waals surface area contributed by atoms with Crippen molar-refractivity contribution in [1.82, 2.24) is 4.98 Å². The summed E-state index contributed by atoms with van der Waals surface area (Å²) in [5.74, 6) is 0.279. The summed E-state index contributed by atoms with van der Waals surface area (Å²) in [6.45, 7) is 0.483. The van der Waals surface area contributed by atoms with Crippen molar-refractivity contribution >= 4 is 21.9 Å². The second-order valence-electron chi connectivity index (χ2n) is 3.66. The maximum absolute atomic E-state index is 11.6. The highest BCUT2D eigenvalue weighted by molar-refractivity contribution is 9.10. The Balaban J connectivity index is 1.74. The SMILES string of the molecule is O=C(OCCOc1cccc(Br)c1)c1ccccn1.